The summed E-state index contributed by atoms with van der Waals surface area (Å²) in [6.07, 6.45) is 1.21. The molecule has 0 aromatic rings. The van der Waals surface area contributed by atoms with Gasteiger partial charge in [0.05, 0.1) is 0 Å². The van der Waals surface area contributed by atoms with Gasteiger partial charge in [-0.05, 0) is 0 Å². The molecule has 0 N–H and O–H groups in total. The van der Waals surface area contributed by atoms with Gasteiger partial charge < -0.3 is 4.74 Å². The molecule has 4 saturated heterocycles. The maximum Gasteiger partial charge on any atom is 0.327 e. The van der Waals surface area contributed by atoms with Gasteiger partial charge >= 0.3 is 11.9 Å². The van der Waals surface area contributed by atoms with E-state index in [1.54, 1.807) is 0 Å². The van der Waals surface area contributed by atoms with Crippen LogP contribution in [-0.4, -0.2) is 24.1 Å². The molecule has 0 aromatic carbocycles. The fraction of sp³-hybridized carbons (Fsp3) is 0.750. The SMILES string of the molecule is O=C=NC12OC3(OC13)O2. The maximum absolute atomic E-state index is 9.69. The smallest absolute Gasteiger partial charge is 0.305 e. The zero-order chi connectivity index (χ0) is 6.11. The van der Waals surface area contributed by atoms with Crippen LogP contribution < -0.4 is 0 Å². The van der Waals surface area contributed by atoms with Crippen molar-refractivity contribution in [3.8, 4) is 0 Å². The average Bonchev–Trinajstić information content (AvgIpc) is 2.25. The lowest BCUT2D eigenvalue weighted by Gasteiger charge is -2.48. The highest BCUT2D eigenvalue weighted by Gasteiger charge is 2.98. The summed E-state index contributed by atoms with van der Waals surface area (Å²) in [5, 5.41) is 0. The molecule has 4 aliphatic rings. The third-order valence-electron chi connectivity index (χ3n) is 1.66. The highest BCUT2D eigenvalue weighted by molar-refractivity contribution is 5.37. The summed E-state index contributed by atoms with van der Waals surface area (Å²) in [5.41, 5.74) is 0. The Balaban J connectivity index is 2.01. The van der Waals surface area contributed by atoms with Crippen LogP contribution in [0, 0.1) is 0 Å². The first kappa shape index (κ1) is 4.14. The molecule has 0 saturated carbocycles. The molecule has 4 rings (SSSR count). The molecule has 0 radical (unpaired) electrons. The van der Waals surface area contributed by atoms with Crippen LogP contribution in [0.5, 0.6) is 0 Å². The van der Waals surface area contributed by atoms with Gasteiger partial charge in [0.25, 0.3) is 0 Å². The van der Waals surface area contributed by atoms with E-state index in [0.717, 1.165) is 0 Å². The molecule has 5 nitrogen and oxygen atoms in total. The van der Waals surface area contributed by atoms with Gasteiger partial charge in [-0.25, -0.2) is 4.79 Å². The van der Waals surface area contributed by atoms with E-state index in [2.05, 4.69) is 4.99 Å². The molecule has 4 fully saturated rings. The van der Waals surface area contributed by atoms with Crippen LogP contribution in [0.3, 0.4) is 0 Å². The van der Waals surface area contributed by atoms with Crippen LogP contribution in [0.25, 0.3) is 0 Å². The third-order valence-corrected chi connectivity index (χ3v) is 1.66. The second-order valence-corrected chi connectivity index (χ2v) is 2.14. The van der Waals surface area contributed by atoms with E-state index in [4.69, 9.17) is 14.2 Å². The first-order chi connectivity index (χ1) is 4.31. The van der Waals surface area contributed by atoms with E-state index in [1.807, 2.05) is 0 Å². The number of rotatable bonds is 1. The maximum atomic E-state index is 9.69. The molecule has 0 amide bonds. The predicted octanol–water partition coefficient (Wildman–Crippen LogP) is -0.911. The summed E-state index contributed by atoms with van der Waals surface area (Å²) in [5.74, 6) is -1.86. The lowest BCUT2D eigenvalue weighted by Crippen LogP contribution is -2.72. The molecule has 5 heteroatoms. The van der Waals surface area contributed by atoms with Crippen LogP contribution in [-0.2, 0) is 19.0 Å². The van der Waals surface area contributed by atoms with Crippen molar-refractivity contribution in [3.63, 3.8) is 0 Å². The fourth-order valence-corrected chi connectivity index (χ4v) is 1.16. The molecular formula is C4HNO4. The van der Waals surface area contributed by atoms with Crippen LogP contribution in [0.15, 0.2) is 4.99 Å². The van der Waals surface area contributed by atoms with Crippen molar-refractivity contribution in [2.75, 3.05) is 0 Å². The van der Waals surface area contributed by atoms with Crippen molar-refractivity contribution in [2.24, 2.45) is 4.99 Å². The minimum atomic E-state index is -1.08. The van der Waals surface area contributed by atoms with Crippen molar-refractivity contribution in [1.82, 2.24) is 0 Å². The van der Waals surface area contributed by atoms with E-state index in [0.29, 0.717) is 0 Å². The molecule has 1 unspecified atom stereocenters. The third kappa shape index (κ3) is 0.219. The zero-order valence-corrected chi connectivity index (χ0v) is 4.16. The Morgan fingerprint density at radius 1 is 1.56 bits per heavy atom. The van der Waals surface area contributed by atoms with E-state index < -0.39 is 11.9 Å². The number of aliphatic imine (C=N–C) groups is 1. The highest BCUT2D eigenvalue weighted by atomic mass is 17.1. The van der Waals surface area contributed by atoms with Crippen molar-refractivity contribution >= 4 is 6.08 Å². The van der Waals surface area contributed by atoms with Crippen LogP contribution in [0.4, 0.5) is 0 Å². The Morgan fingerprint density at radius 2 is 2.33 bits per heavy atom. The quantitative estimate of drug-likeness (QED) is 0.260. The number of carbonyl (C=O) groups excluding carboxylic acids is 1. The molecule has 1 atom stereocenters. The second kappa shape index (κ2) is 0.767. The first-order valence-electron chi connectivity index (χ1n) is 2.49. The summed E-state index contributed by atoms with van der Waals surface area (Å²) in [4.78, 5) is 13.0. The fourth-order valence-electron chi connectivity index (χ4n) is 1.16. The molecule has 1 spiro atoms. The normalized spacial score (nSPS) is 64.2. The minimum absolute atomic E-state index is 0.133. The summed E-state index contributed by atoms with van der Waals surface area (Å²) in [7, 11) is 0. The van der Waals surface area contributed by atoms with Crippen LogP contribution in [0.2, 0.25) is 0 Å². The number of epoxide rings is 1. The lowest BCUT2D eigenvalue weighted by molar-refractivity contribution is -0.550. The Morgan fingerprint density at radius 3 is 2.67 bits per heavy atom. The molecule has 0 aliphatic carbocycles. The summed E-state index contributed by atoms with van der Waals surface area (Å²) >= 11 is 0. The largest absolute Gasteiger partial charge is 0.327 e. The number of hydrogen-bond donors (Lipinski definition) is 0. The molecule has 46 valence electrons. The first-order valence-corrected chi connectivity index (χ1v) is 2.49. The van der Waals surface area contributed by atoms with Crippen molar-refractivity contribution < 1.29 is 19.0 Å². The number of ether oxygens (including phenoxy) is 3. The highest BCUT2D eigenvalue weighted by Crippen LogP contribution is 2.72. The van der Waals surface area contributed by atoms with Crippen molar-refractivity contribution in [3.05, 3.63) is 0 Å². The average molecular weight is 127 g/mol. The van der Waals surface area contributed by atoms with Crippen molar-refractivity contribution in [1.29, 1.82) is 0 Å². The number of isocyanates is 1. The van der Waals surface area contributed by atoms with Gasteiger partial charge in [-0.1, -0.05) is 0 Å². The lowest BCUT2D eigenvalue weighted by atomic mass is 10.1. The van der Waals surface area contributed by atoms with Crippen molar-refractivity contribution in [2.45, 2.75) is 18.0 Å². The van der Waals surface area contributed by atoms with Crippen LogP contribution >= 0.6 is 0 Å². The molecule has 0 aromatic heterocycles. The Kier molecular flexibility index (Phi) is 0.352. The minimum Gasteiger partial charge on any atom is -0.305 e. The second-order valence-electron chi connectivity index (χ2n) is 2.14. The van der Waals surface area contributed by atoms with E-state index in [9.17, 15) is 4.79 Å². The van der Waals surface area contributed by atoms with Gasteiger partial charge in [0, 0.05) is 0 Å². The van der Waals surface area contributed by atoms with E-state index >= 15 is 0 Å². The van der Waals surface area contributed by atoms with Gasteiger partial charge in [-0.3, -0.25) is 9.47 Å². The Hall–Kier alpha value is -0.740. The van der Waals surface area contributed by atoms with Gasteiger partial charge in [0.15, 0.2) is 0 Å². The Bertz CT molecular complexity index is 237. The molecule has 2 bridgehead atoms. The van der Waals surface area contributed by atoms with Gasteiger partial charge in [0.1, 0.15) is 0 Å². The van der Waals surface area contributed by atoms with Gasteiger partial charge in [0.2, 0.25) is 12.2 Å². The summed E-state index contributed by atoms with van der Waals surface area (Å²) in [6, 6.07) is 0. The monoisotopic (exact) mass is 127 g/mol. The standard InChI is InChI=1S/C4HNO4/c6-1-5-3-2-4(7-2,8-3)9-3/h2H. The summed E-state index contributed by atoms with van der Waals surface area (Å²) in [6.45, 7) is 0. The van der Waals surface area contributed by atoms with E-state index in [1.165, 1.54) is 6.08 Å². The zero-order valence-electron chi connectivity index (χ0n) is 4.16. The summed E-state index contributed by atoms with van der Waals surface area (Å²) < 4.78 is 14.5. The topological polar surface area (TPSA) is 60.4 Å². The predicted molar refractivity (Wildman–Crippen MR) is 20.6 cm³/mol. The van der Waals surface area contributed by atoms with Gasteiger partial charge in [-0.2, -0.15) is 0 Å². The molecule has 9 heavy (non-hydrogen) atoms. The molecular weight excluding hydrogens is 126 g/mol. The van der Waals surface area contributed by atoms with Gasteiger partial charge in [-0.15, -0.1) is 4.99 Å². The molecule has 4 heterocycles. The van der Waals surface area contributed by atoms with E-state index in [-0.39, 0.29) is 6.10 Å². The number of hydrogen-bond acceptors (Lipinski definition) is 5. The number of nitrogens with zero attached hydrogens (tertiary/aromatic N) is 1. The Labute approximate surface area is 49.2 Å². The molecule has 4 aliphatic heterocycles. The van der Waals surface area contributed by atoms with Crippen LogP contribution in [0.1, 0.15) is 0 Å².